The Morgan fingerprint density at radius 2 is 2.15 bits per heavy atom. The van der Waals surface area contributed by atoms with Gasteiger partial charge in [0.2, 0.25) is 0 Å². The molecule has 78 valence electrons. The van der Waals surface area contributed by atoms with Gasteiger partial charge in [0.25, 0.3) is 0 Å². The highest BCUT2D eigenvalue weighted by Gasteiger charge is 2.32. The molecule has 0 bridgehead atoms. The quantitative estimate of drug-likeness (QED) is 0.724. The molecule has 0 aromatic heterocycles. The first-order chi connectivity index (χ1) is 6.06. The first-order valence-corrected chi connectivity index (χ1v) is 5.49. The van der Waals surface area contributed by atoms with Crippen molar-refractivity contribution in [2.45, 2.75) is 58.1 Å². The van der Waals surface area contributed by atoms with Gasteiger partial charge < -0.3 is 5.11 Å². The van der Waals surface area contributed by atoms with E-state index in [1.165, 1.54) is 12.8 Å². The van der Waals surface area contributed by atoms with E-state index in [1.54, 1.807) is 0 Å². The molecule has 1 rings (SSSR count). The molecule has 1 heterocycles. The number of β-amino-alcohol motifs (C(OH)–C–C–N with tert-alkyl or cyclic N) is 1. The van der Waals surface area contributed by atoms with Gasteiger partial charge in [-0.1, -0.05) is 13.3 Å². The zero-order valence-corrected chi connectivity index (χ0v) is 9.21. The first-order valence-electron chi connectivity index (χ1n) is 5.49. The second-order valence-corrected chi connectivity index (χ2v) is 4.80. The Kier molecular flexibility index (Phi) is 3.74. The lowest BCUT2D eigenvalue weighted by Crippen LogP contribution is -2.42. The van der Waals surface area contributed by atoms with Gasteiger partial charge in [-0.2, -0.15) is 0 Å². The maximum absolute atomic E-state index is 9.70. The third-order valence-electron chi connectivity index (χ3n) is 3.13. The molecule has 1 unspecified atom stereocenters. The summed E-state index contributed by atoms with van der Waals surface area (Å²) in [5.41, 5.74) is 0.314. The summed E-state index contributed by atoms with van der Waals surface area (Å²) >= 11 is 0. The molecule has 1 saturated heterocycles. The Morgan fingerprint density at radius 1 is 1.46 bits per heavy atom. The summed E-state index contributed by atoms with van der Waals surface area (Å²) in [5, 5.41) is 9.70. The second-order valence-electron chi connectivity index (χ2n) is 4.80. The van der Waals surface area contributed by atoms with Crippen LogP contribution in [0.25, 0.3) is 0 Å². The summed E-state index contributed by atoms with van der Waals surface area (Å²) in [6.45, 7) is 8.70. The summed E-state index contributed by atoms with van der Waals surface area (Å²) in [4.78, 5) is 2.42. The number of aliphatic hydroxyl groups is 1. The number of hydrogen-bond donors (Lipinski definition) is 1. The fraction of sp³-hybridized carbons (Fsp3) is 1.00. The summed E-state index contributed by atoms with van der Waals surface area (Å²) in [7, 11) is 0. The molecule has 0 amide bonds. The van der Waals surface area contributed by atoms with E-state index < -0.39 is 0 Å². The van der Waals surface area contributed by atoms with Crippen LogP contribution < -0.4 is 0 Å². The minimum absolute atomic E-state index is 0.123. The van der Waals surface area contributed by atoms with Gasteiger partial charge in [-0.15, -0.1) is 0 Å². The van der Waals surface area contributed by atoms with E-state index in [0.29, 0.717) is 5.54 Å². The van der Waals surface area contributed by atoms with Gasteiger partial charge in [-0.05, 0) is 39.7 Å². The fourth-order valence-electron chi connectivity index (χ4n) is 2.18. The molecule has 13 heavy (non-hydrogen) atoms. The minimum atomic E-state index is -0.123. The van der Waals surface area contributed by atoms with Gasteiger partial charge in [0, 0.05) is 12.1 Å². The van der Waals surface area contributed by atoms with E-state index >= 15 is 0 Å². The van der Waals surface area contributed by atoms with Crippen molar-refractivity contribution >= 4 is 0 Å². The van der Waals surface area contributed by atoms with E-state index in [0.717, 1.165) is 25.9 Å². The summed E-state index contributed by atoms with van der Waals surface area (Å²) in [6.07, 6.45) is 4.45. The molecular formula is C11H23NO. The van der Waals surface area contributed by atoms with Crippen LogP contribution in [0.15, 0.2) is 0 Å². The molecule has 0 spiro atoms. The minimum Gasteiger partial charge on any atom is -0.392 e. The SMILES string of the molecule is CCCC(O)CN1CCCC1(C)C. The number of nitrogens with zero attached hydrogens (tertiary/aromatic N) is 1. The Morgan fingerprint density at radius 3 is 2.62 bits per heavy atom. The molecule has 0 aromatic carbocycles. The third kappa shape index (κ3) is 2.96. The smallest absolute Gasteiger partial charge is 0.0667 e. The van der Waals surface area contributed by atoms with Crippen molar-refractivity contribution in [2.75, 3.05) is 13.1 Å². The van der Waals surface area contributed by atoms with Gasteiger partial charge in [0.1, 0.15) is 0 Å². The van der Waals surface area contributed by atoms with E-state index in [-0.39, 0.29) is 6.10 Å². The fourth-order valence-corrected chi connectivity index (χ4v) is 2.18. The van der Waals surface area contributed by atoms with Crippen LogP contribution in [0.3, 0.4) is 0 Å². The molecule has 1 aliphatic rings. The molecule has 1 atom stereocenters. The predicted octanol–water partition coefficient (Wildman–Crippen LogP) is 2.02. The van der Waals surface area contributed by atoms with Crippen LogP contribution in [0.1, 0.15) is 46.5 Å². The first kappa shape index (κ1) is 11.0. The maximum atomic E-state index is 9.70. The highest BCUT2D eigenvalue weighted by Crippen LogP contribution is 2.28. The lowest BCUT2D eigenvalue weighted by atomic mass is 10.0. The van der Waals surface area contributed by atoms with Crippen LogP contribution >= 0.6 is 0 Å². The van der Waals surface area contributed by atoms with Crippen LogP contribution in [0.5, 0.6) is 0 Å². The number of aliphatic hydroxyl groups excluding tert-OH is 1. The van der Waals surface area contributed by atoms with E-state index in [9.17, 15) is 5.11 Å². The summed E-state index contributed by atoms with van der Waals surface area (Å²) < 4.78 is 0. The topological polar surface area (TPSA) is 23.5 Å². The lowest BCUT2D eigenvalue weighted by Gasteiger charge is -2.33. The number of hydrogen-bond acceptors (Lipinski definition) is 2. The molecule has 0 aromatic rings. The van der Waals surface area contributed by atoms with Crippen molar-refractivity contribution in [3.05, 3.63) is 0 Å². The van der Waals surface area contributed by atoms with E-state index in [1.807, 2.05) is 0 Å². The van der Waals surface area contributed by atoms with Crippen molar-refractivity contribution in [1.82, 2.24) is 4.90 Å². The van der Waals surface area contributed by atoms with Crippen molar-refractivity contribution in [1.29, 1.82) is 0 Å². The van der Waals surface area contributed by atoms with Crippen LogP contribution in [0, 0.1) is 0 Å². The zero-order chi connectivity index (χ0) is 9.90. The average molecular weight is 185 g/mol. The van der Waals surface area contributed by atoms with Crippen molar-refractivity contribution in [3.8, 4) is 0 Å². The van der Waals surface area contributed by atoms with Crippen LogP contribution in [-0.2, 0) is 0 Å². The van der Waals surface area contributed by atoms with Crippen molar-refractivity contribution in [2.24, 2.45) is 0 Å². The molecule has 2 nitrogen and oxygen atoms in total. The molecule has 1 fully saturated rings. The van der Waals surface area contributed by atoms with E-state index in [2.05, 4.69) is 25.7 Å². The summed E-state index contributed by atoms with van der Waals surface area (Å²) in [5.74, 6) is 0. The Bertz CT molecular complexity index is 156. The molecule has 1 aliphatic heterocycles. The van der Waals surface area contributed by atoms with Crippen LogP contribution in [-0.4, -0.2) is 34.7 Å². The zero-order valence-electron chi connectivity index (χ0n) is 9.21. The highest BCUT2D eigenvalue weighted by atomic mass is 16.3. The standard InChI is InChI=1S/C11H23NO/c1-4-6-10(13)9-12-8-5-7-11(12,2)3/h10,13H,4-9H2,1-3H3. The third-order valence-corrected chi connectivity index (χ3v) is 3.13. The molecule has 1 N–H and O–H groups in total. The van der Waals surface area contributed by atoms with Gasteiger partial charge >= 0.3 is 0 Å². The highest BCUT2D eigenvalue weighted by molar-refractivity contribution is 4.88. The second kappa shape index (κ2) is 4.43. The predicted molar refractivity (Wildman–Crippen MR) is 55.8 cm³/mol. The normalized spacial score (nSPS) is 24.9. The Hall–Kier alpha value is -0.0800. The average Bonchev–Trinajstić information content (AvgIpc) is 2.31. The maximum Gasteiger partial charge on any atom is 0.0667 e. The molecule has 0 aliphatic carbocycles. The number of likely N-dealkylation sites (tertiary alicyclic amines) is 1. The molecule has 0 radical (unpaired) electrons. The van der Waals surface area contributed by atoms with Gasteiger partial charge in [0.15, 0.2) is 0 Å². The largest absolute Gasteiger partial charge is 0.392 e. The number of rotatable bonds is 4. The Labute approximate surface area is 81.9 Å². The molecule has 0 saturated carbocycles. The van der Waals surface area contributed by atoms with Gasteiger partial charge in [0.05, 0.1) is 6.10 Å². The molecular weight excluding hydrogens is 162 g/mol. The monoisotopic (exact) mass is 185 g/mol. The van der Waals surface area contributed by atoms with Gasteiger partial charge in [-0.3, -0.25) is 4.90 Å². The van der Waals surface area contributed by atoms with Crippen molar-refractivity contribution < 1.29 is 5.11 Å². The van der Waals surface area contributed by atoms with Crippen molar-refractivity contribution in [3.63, 3.8) is 0 Å². The van der Waals surface area contributed by atoms with Gasteiger partial charge in [-0.25, -0.2) is 0 Å². The Balaban J connectivity index is 2.35. The van der Waals surface area contributed by atoms with Crippen LogP contribution in [0.4, 0.5) is 0 Å². The lowest BCUT2D eigenvalue weighted by molar-refractivity contribution is 0.0725. The van der Waals surface area contributed by atoms with E-state index in [4.69, 9.17) is 0 Å². The van der Waals surface area contributed by atoms with Crippen LogP contribution in [0.2, 0.25) is 0 Å². The molecule has 2 heteroatoms. The summed E-state index contributed by atoms with van der Waals surface area (Å²) in [6, 6.07) is 0.